The maximum Gasteiger partial charge on any atom is 0.252 e. The largest absolute Gasteiger partial charge is 0.436 e. The first-order valence-corrected chi connectivity index (χ1v) is 7.44. The lowest BCUT2D eigenvalue weighted by Crippen LogP contribution is -2.10. The van der Waals surface area contributed by atoms with Gasteiger partial charge in [0.1, 0.15) is 5.52 Å². The Labute approximate surface area is 133 Å². The molecule has 1 aromatic heterocycles. The molecule has 0 atom stereocenters. The van der Waals surface area contributed by atoms with Gasteiger partial charge in [-0.1, -0.05) is 26.8 Å². The van der Waals surface area contributed by atoms with E-state index in [4.69, 9.17) is 16.0 Å². The number of nitrogens with zero attached hydrogens (tertiary/aromatic N) is 1. The Morgan fingerprint density at radius 2 is 1.77 bits per heavy atom. The van der Waals surface area contributed by atoms with Crippen molar-refractivity contribution in [3.05, 3.63) is 53.6 Å². The van der Waals surface area contributed by atoms with Gasteiger partial charge in [0.15, 0.2) is 5.58 Å². The first-order chi connectivity index (χ1) is 10.3. The predicted octanol–water partition coefficient (Wildman–Crippen LogP) is 5.17. The van der Waals surface area contributed by atoms with Crippen molar-refractivity contribution in [1.82, 2.24) is 4.98 Å². The monoisotopic (exact) mass is 313 g/mol. The molecule has 0 radical (unpaired) electrons. The van der Waals surface area contributed by atoms with E-state index in [9.17, 15) is 4.79 Å². The van der Waals surface area contributed by atoms with Crippen LogP contribution in [0.5, 0.6) is 0 Å². The van der Waals surface area contributed by atoms with E-state index in [-0.39, 0.29) is 5.41 Å². The summed E-state index contributed by atoms with van der Waals surface area (Å²) in [7, 11) is 0. The zero-order chi connectivity index (χ0) is 15.9. The van der Waals surface area contributed by atoms with Crippen LogP contribution in [0.3, 0.4) is 0 Å². The standard InChI is InChI=1S/C18H16ClNO2/c1-18(2,3)13-8-9-15-14(10-13)20-17(22-15)12-6-4-11(5-7-12)16(19)21/h4-10H,1-3H3. The van der Waals surface area contributed by atoms with Crippen LogP contribution < -0.4 is 0 Å². The fourth-order valence-corrected chi connectivity index (χ4v) is 2.39. The number of rotatable bonds is 2. The summed E-state index contributed by atoms with van der Waals surface area (Å²) in [5.74, 6) is 0.537. The Kier molecular flexibility index (Phi) is 3.53. The van der Waals surface area contributed by atoms with Gasteiger partial charge in [-0.3, -0.25) is 4.79 Å². The third-order valence-electron chi connectivity index (χ3n) is 3.61. The van der Waals surface area contributed by atoms with Crippen molar-refractivity contribution in [1.29, 1.82) is 0 Å². The number of oxazole rings is 1. The van der Waals surface area contributed by atoms with Gasteiger partial charge in [-0.05, 0) is 59.0 Å². The molecule has 0 unspecified atom stereocenters. The van der Waals surface area contributed by atoms with E-state index < -0.39 is 5.24 Å². The van der Waals surface area contributed by atoms with E-state index in [1.54, 1.807) is 24.3 Å². The molecule has 0 saturated heterocycles. The minimum absolute atomic E-state index is 0.0651. The molecule has 0 aliphatic carbocycles. The minimum atomic E-state index is -0.473. The number of benzene rings is 2. The second-order valence-electron chi connectivity index (χ2n) is 6.30. The molecule has 0 amide bonds. The first kappa shape index (κ1) is 14.8. The molecule has 0 aliphatic rings. The Hall–Kier alpha value is -2.13. The third kappa shape index (κ3) is 2.77. The maximum absolute atomic E-state index is 11.1. The van der Waals surface area contributed by atoms with Gasteiger partial charge in [0.25, 0.3) is 5.24 Å². The molecule has 3 aromatic rings. The molecule has 0 spiro atoms. The molecule has 1 heterocycles. The van der Waals surface area contributed by atoms with Crippen LogP contribution >= 0.6 is 11.6 Å². The van der Waals surface area contributed by atoms with E-state index in [1.807, 2.05) is 6.07 Å². The molecule has 0 aliphatic heterocycles. The highest BCUT2D eigenvalue weighted by Crippen LogP contribution is 2.29. The fourth-order valence-electron chi connectivity index (χ4n) is 2.26. The van der Waals surface area contributed by atoms with Crippen LogP contribution in [0.15, 0.2) is 46.9 Å². The van der Waals surface area contributed by atoms with Gasteiger partial charge in [-0.2, -0.15) is 0 Å². The van der Waals surface area contributed by atoms with Crippen LogP contribution in [0.4, 0.5) is 0 Å². The third-order valence-corrected chi connectivity index (χ3v) is 3.83. The zero-order valence-electron chi connectivity index (χ0n) is 12.7. The topological polar surface area (TPSA) is 43.1 Å². The van der Waals surface area contributed by atoms with Crippen LogP contribution in [-0.2, 0) is 5.41 Å². The number of hydrogen-bond acceptors (Lipinski definition) is 3. The molecule has 0 N–H and O–H groups in total. The maximum atomic E-state index is 11.1. The normalized spacial score (nSPS) is 11.8. The van der Waals surface area contributed by atoms with Crippen LogP contribution in [0.2, 0.25) is 0 Å². The van der Waals surface area contributed by atoms with Gasteiger partial charge in [-0.25, -0.2) is 4.98 Å². The second-order valence-corrected chi connectivity index (χ2v) is 6.65. The molecule has 4 heteroatoms. The van der Waals surface area contributed by atoms with Crippen LogP contribution in [0.25, 0.3) is 22.6 Å². The quantitative estimate of drug-likeness (QED) is 0.613. The van der Waals surface area contributed by atoms with Crippen LogP contribution in [0, 0.1) is 0 Å². The van der Waals surface area contributed by atoms with Crippen molar-refractivity contribution in [2.75, 3.05) is 0 Å². The predicted molar refractivity (Wildman–Crippen MR) is 88.3 cm³/mol. The molecule has 0 saturated carbocycles. The van der Waals surface area contributed by atoms with Crippen LogP contribution in [0.1, 0.15) is 36.7 Å². The lowest BCUT2D eigenvalue weighted by Gasteiger charge is -2.18. The number of halogens is 1. The highest BCUT2D eigenvalue weighted by Gasteiger charge is 2.16. The van der Waals surface area contributed by atoms with Crippen LogP contribution in [-0.4, -0.2) is 10.2 Å². The zero-order valence-corrected chi connectivity index (χ0v) is 13.4. The summed E-state index contributed by atoms with van der Waals surface area (Å²) in [4.78, 5) is 15.6. The second kappa shape index (κ2) is 5.25. The van der Waals surface area contributed by atoms with Gasteiger partial charge >= 0.3 is 0 Å². The summed E-state index contributed by atoms with van der Waals surface area (Å²) >= 11 is 5.45. The van der Waals surface area contributed by atoms with E-state index in [0.29, 0.717) is 11.5 Å². The summed E-state index contributed by atoms with van der Waals surface area (Å²) in [6.45, 7) is 6.49. The molecular formula is C18H16ClNO2. The molecule has 0 bridgehead atoms. The average molecular weight is 314 g/mol. The number of fused-ring (bicyclic) bond motifs is 1. The Bertz CT molecular complexity index is 842. The molecular weight excluding hydrogens is 298 g/mol. The fraction of sp³-hybridized carbons (Fsp3) is 0.222. The van der Waals surface area contributed by atoms with Crippen molar-refractivity contribution in [2.24, 2.45) is 0 Å². The Balaban J connectivity index is 2.03. The number of aromatic nitrogens is 1. The Morgan fingerprint density at radius 1 is 1.09 bits per heavy atom. The first-order valence-electron chi connectivity index (χ1n) is 7.06. The number of carbonyl (C=O) groups excluding carboxylic acids is 1. The molecule has 3 rings (SSSR count). The Morgan fingerprint density at radius 3 is 2.36 bits per heavy atom. The van der Waals surface area contributed by atoms with Gasteiger partial charge < -0.3 is 4.42 Å². The minimum Gasteiger partial charge on any atom is -0.436 e. The van der Waals surface area contributed by atoms with Gasteiger partial charge in [0.05, 0.1) is 0 Å². The molecule has 112 valence electrons. The van der Waals surface area contributed by atoms with Crippen molar-refractivity contribution >= 4 is 27.9 Å². The lowest BCUT2D eigenvalue weighted by atomic mass is 9.87. The van der Waals surface area contributed by atoms with E-state index in [1.165, 1.54) is 5.56 Å². The summed E-state index contributed by atoms with van der Waals surface area (Å²) in [6.07, 6.45) is 0. The number of carbonyl (C=O) groups is 1. The van der Waals surface area contributed by atoms with E-state index in [0.717, 1.165) is 16.7 Å². The molecule has 3 nitrogen and oxygen atoms in total. The summed E-state index contributed by atoms with van der Waals surface area (Å²) < 4.78 is 5.79. The van der Waals surface area contributed by atoms with Crippen molar-refractivity contribution in [2.45, 2.75) is 26.2 Å². The van der Waals surface area contributed by atoms with Gasteiger partial charge in [0, 0.05) is 11.1 Å². The SMILES string of the molecule is CC(C)(C)c1ccc2oc(-c3ccc(C(=O)Cl)cc3)nc2c1. The molecule has 2 aromatic carbocycles. The summed E-state index contributed by atoms with van der Waals surface area (Å²) in [5.41, 5.74) is 4.13. The lowest BCUT2D eigenvalue weighted by molar-refractivity contribution is 0.108. The van der Waals surface area contributed by atoms with Gasteiger partial charge in [0.2, 0.25) is 5.89 Å². The summed E-state index contributed by atoms with van der Waals surface area (Å²) in [5, 5.41) is -0.473. The van der Waals surface area contributed by atoms with E-state index in [2.05, 4.69) is 37.9 Å². The van der Waals surface area contributed by atoms with E-state index >= 15 is 0 Å². The highest BCUT2D eigenvalue weighted by molar-refractivity contribution is 6.67. The van der Waals surface area contributed by atoms with Crippen molar-refractivity contribution in [3.8, 4) is 11.5 Å². The summed E-state index contributed by atoms with van der Waals surface area (Å²) in [6, 6.07) is 13.0. The molecule has 0 fully saturated rings. The number of hydrogen-bond donors (Lipinski definition) is 0. The van der Waals surface area contributed by atoms with Gasteiger partial charge in [-0.15, -0.1) is 0 Å². The highest BCUT2D eigenvalue weighted by atomic mass is 35.5. The smallest absolute Gasteiger partial charge is 0.252 e. The average Bonchev–Trinajstić information content (AvgIpc) is 2.89. The molecule has 22 heavy (non-hydrogen) atoms. The van der Waals surface area contributed by atoms with Crippen molar-refractivity contribution < 1.29 is 9.21 Å². The van der Waals surface area contributed by atoms with Crippen molar-refractivity contribution in [3.63, 3.8) is 0 Å².